The third-order valence-corrected chi connectivity index (χ3v) is 1.69. The smallest absolute Gasteiger partial charge is 0.165 e. The topological polar surface area (TPSA) is 24.1 Å². The molecule has 0 atom stereocenters. The van der Waals surface area contributed by atoms with Gasteiger partial charge in [0.2, 0.25) is 0 Å². The molecule has 0 saturated carbocycles. The van der Waals surface area contributed by atoms with Gasteiger partial charge >= 0.3 is 0 Å². The predicted octanol–water partition coefficient (Wildman–Crippen LogP) is 1.54. The molecule has 2 aliphatic rings. The van der Waals surface area contributed by atoms with Crippen molar-refractivity contribution in [1.82, 2.24) is 10.6 Å². The summed E-state index contributed by atoms with van der Waals surface area (Å²) in [5, 5.41) is 2.49. The van der Waals surface area contributed by atoms with Gasteiger partial charge < -0.3 is 10.6 Å². The van der Waals surface area contributed by atoms with Crippen LogP contribution in [-0.4, -0.2) is 0 Å². The maximum atomic E-state index is 7.27. The number of rotatable bonds is 0. The first-order valence-electron chi connectivity index (χ1n) is 4.67. The van der Waals surface area contributed by atoms with Crippen LogP contribution in [0.25, 0.3) is 0 Å². The summed E-state index contributed by atoms with van der Waals surface area (Å²) >= 11 is 0. The van der Waals surface area contributed by atoms with E-state index in [0.717, 1.165) is 11.1 Å². The third-order valence-electron chi connectivity index (χ3n) is 1.69. The summed E-state index contributed by atoms with van der Waals surface area (Å²) in [7, 11) is 0. The Balaban J connectivity index is 2.26. The number of allylic oxidation sites excluding steroid dienone is 6. The van der Waals surface area contributed by atoms with E-state index in [4.69, 9.17) is 2.82 Å². The molecule has 12 heavy (non-hydrogen) atoms. The highest BCUT2D eigenvalue weighted by Crippen LogP contribution is 2.14. The molecule has 2 nitrogen and oxygen atoms in total. The largest absolute Gasteiger partial charge is 0.368 e. The van der Waals surface area contributed by atoms with E-state index in [9.17, 15) is 0 Å². The van der Waals surface area contributed by atoms with Gasteiger partial charge in [-0.05, 0) is 35.5 Å². The maximum Gasteiger partial charge on any atom is 0.165 e. The van der Waals surface area contributed by atoms with Crippen LogP contribution < -0.4 is 10.6 Å². The highest BCUT2D eigenvalue weighted by atomic mass is 14.8. The van der Waals surface area contributed by atoms with Crippen molar-refractivity contribution < 1.29 is 2.82 Å². The predicted molar refractivity (Wildman–Crippen MR) is 49.9 cm³/mol. The Hall–Kier alpha value is -1.70. The number of hydrogen-bond donors (Lipinski definition) is 2. The van der Waals surface area contributed by atoms with Gasteiger partial charge in [0.25, 0.3) is 0 Å². The van der Waals surface area contributed by atoms with Gasteiger partial charge in [0, 0.05) is 24.8 Å². The quantitative estimate of drug-likeness (QED) is 0.561. The van der Waals surface area contributed by atoms with E-state index < -0.39 is 0 Å². The van der Waals surface area contributed by atoms with Crippen LogP contribution in [0, 0.1) is 0 Å². The van der Waals surface area contributed by atoms with Crippen molar-refractivity contribution in [2.75, 3.05) is 0 Å². The van der Waals surface area contributed by atoms with Crippen molar-refractivity contribution >= 4 is 0 Å². The number of nitrogens with one attached hydrogen (secondary N) is 2. The molecule has 2 aliphatic heterocycles. The van der Waals surface area contributed by atoms with Crippen LogP contribution in [0.4, 0.5) is 0 Å². The zero-order chi connectivity index (χ0) is 9.97. The van der Waals surface area contributed by atoms with E-state index in [0.29, 0.717) is 0 Å². The first-order valence-corrected chi connectivity index (χ1v) is 3.77. The van der Waals surface area contributed by atoms with Crippen molar-refractivity contribution in [2.45, 2.75) is 0 Å². The monoisotopic (exact) mass is 160 g/mol. The van der Waals surface area contributed by atoms with E-state index in [1.165, 1.54) is 10.6 Å². The van der Waals surface area contributed by atoms with Gasteiger partial charge in [0.1, 0.15) is 0 Å². The highest BCUT2D eigenvalue weighted by molar-refractivity contribution is 5.48. The van der Waals surface area contributed by atoms with Gasteiger partial charge in [-0.3, -0.25) is 0 Å². The Morgan fingerprint density at radius 3 is 1.42 bits per heavy atom. The molecule has 0 bridgehead atoms. The minimum atomic E-state index is 1.05. The van der Waals surface area contributed by atoms with Crippen LogP contribution in [0.1, 0.15) is 0 Å². The SMILES string of the molecule is [2H]N1C=CC(=C2C=CN([2H])C=C2)C=C1. The fourth-order valence-electron chi connectivity index (χ4n) is 1.09. The van der Waals surface area contributed by atoms with Crippen molar-refractivity contribution in [3.8, 4) is 0 Å². The summed E-state index contributed by atoms with van der Waals surface area (Å²) < 4.78 is 14.5. The number of dihydropyridines is 2. The molecule has 2 heterocycles. The summed E-state index contributed by atoms with van der Waals surface area (Å²) in [5.74, 6) is 0. The minimum absolute atomic E-state index is 1.05. The zero-order valence-electron chi connectivity index (χ0n) is 8.51. The molecule has 60 valence electrons. The summed E-state index contributed by atoms with van der Waals surface area (Å²) in [4.78, 5) is 0. The minimum Gasteiger partial charge on any atom is -0.368 e. The summed E-state index contributed by atoms with van der Waals surface area (Å²) in [6, 6.07) is 0. The second-order valence-electron chi connectivity index (χ2n) is 2.47. The molecule has 0 aromatic heterocycles. The molecule has 0 aromatic rings. The van der Waals surface area contributed by atoms with Gasteiger partial charge in [-0.15, -0.1) is 0 Å². The van der Waals surface area contributed by atoms with Crippen LogP contribution in [0.3, 0.4) is 0 Å². The molecule has 2 N–H and O–H groups in total. The summed E-state index contributed by atoms with van der Waals surface area (Å²) in [6.45, 7) is 0. The standard InChI is InChI=1S/C10H10N2/c1-5-11-6-2-9(1)10-3-7-12-8-4-10/h1-8,11-12H/i/hD2. The molecule has 0 fully saturated rings. The average molecular weight is 160 g/mol. The summed E-state index contributed by atoms with van der Waals surface area (Å²) in [5.41, 5.74) is 2.10. The molecule has 2 rings (SSSR count). The zero-order valence-corrected chi connectivity index (χ0v) is 6.51. The Kier molecular flexibility index (Phi) is 1.31. The number of hydrogen-bond acceptors (Lipinski definition) is 2. The lowest BCUT2D eigenvalue weighted by Crippen LogP contribution is -2.01. The summed E-state index contributed by atoms with van der Waals surface area (Å²) in [6.07, 6.45) is 14.2. The van der Waals surface area contributed by atoms with Crippen LogP contribution >= 0.6 is 0 Å². The molecule has 0 saturated heterocycles. The van der Waals surface area contributed by atoms with Crippen LogP contribution in [0.2, 0.25) is 2.82 Å². The lowest BCUT2D eigenvalue weighted by molar-refractivity contribution is 1.14. The molecule has 2 heteroatoms. The fraction of sp³-hybridized carbons (Fsp3) is 0. The van der Waals surface area contributed by atoms with E-state index in [1.807, 2.05) is 24.3 Å². The van der Waals surface area contributed by atoms with Crippen molar-refractivity contribution in [1.29, 1.82) is 0 Å². The van der Waals surface area contributed by atoms with Crippen LogP contribution in [0.15, 0.2) is 60.3 Å². The second kappa shape index (κ2) is 3.13. The Morgan fingerprint density at radius 1 is 0.750 bits per heavy atom. The normalized spacial score (nSPS) is 23.3. The van der Waals surface area contributed by atoms with Gasteiger partial charge in [-0.1, -0.05) is 0 Å². The van der Waals surface area contributed by atoms with Crippen LogP contribution in [-0.2, 0) is 0 Å². The van der Waals surface area contributed by atoms with Crippen molar-refractivity contribution in [3.05, 3.63) is 60.3 Å². The molecular weight excluding hydrogens is 148 g/mol. The van der Waals surface area contributed by atoms with E-state index >= 15 is 0 Å². The lowest BCUT2D eigenvalue weighted by atomic mass is 10.1. The molecule has 0 spiro atoms. The molecule has 0 aromatic carbocycles. The van der Waals surface area contributed by atoms with Crippen LogP contribution in [0.5, 0.6) is 0 Å². The van der Waals surface area contributed by atoms with E-state index in [2.05, 4.69) is 0 Å². The molecule has 0 aliphatic carbocycles. The second-order valence-corrected chi connectivity index (χ2v) is 2.47. The average Bonchev–Trinajstić information content (AvgIpc) is 2.21. The Bertz CT molecular complexity index is 310. The Labute approximate surface area is 74.6 Å². The molecular formula is C10H10N2. The van der Waals surface area contributed by atoms with Gasteiger partial charge in [0.05, 0.1) is 0 Å². The van der Waals surface area contributed by atoms with Gasteiger partial charge in [-0.25, -0.2) is 0 Å². The molecule has 0 radical (unpaired) electrons. The van der Waals surface area contributed by atoms with Crippen molar-refractivity contribution in [3.63, 3.8) is 0 Å². The maximum absolute atomic E-state index is 7.27. The van der Waals surface area contributed by atoms with E-state index in [-0.39, 0.29) is 0 Å². The highest BCUT2D eigenvalue weighted by Gasteiger charge is 1.98. The lowest BCUT2D eigenvalue weighted by Gasteiger charge is -2.07. The fourth-order valence-corrected chi connectivity index (χ4v) is 1.09. The third kappa shape index (κ3) is 1.32. The first kappa shape index (κ1) is 5.04. The van der Waals surface area contributed by atoms with E-state index in [1.54, 1.807) is 24.8 Å². The Morgan fingerprint density at radius 2 is 1.08 bits per heavy atom. The van der Waals surface area contributed by atoms with Gasteiger partial charge in [-0.2, -0.15) is 0 Å². The van der Waals surface area contributed by atoms with Crippen molar-refractivity contribution in [2.24, 2.45) is 0 Å². The molecule has 0 unspecified atom stereocenters. The molecule has 0 amide bonds. The van der Waals surface area contributed by atoms with Gasteiger partial charge in [0.15, 0.2) is 2.82 Å². The first-order chi connectivity index (χ1) is 6.75.